The van der Waals surface area contributed by atoms with E-state index in [-0.39, 0.29) is 5.91 Å². The lowest BCUT2D eigenvalue weighted by molar-refractivity contribution is -0.132. The molecule has 0 saturated heterocycles. The molecule has 1 N–H and O–H groups in total. The van der Waals surface area contributed by atoms with Gasteiger partial charge in [-0.05, 0) is 17.7 Å². The van der Waals surface area contributed by atoms with Crippen molar-refractivity contribution in [3.63, 3.8) is 0 Å². The van der Waals surface area contributed by atoms with Crippen molar-refractivity contribution < 1.29 is 19.4 Å². The van der Waals surface area contributed by atoms with Crippen LogP contribution in [0.15, 0.2) is 49.1 Å². The summed E-state index contributed by atoms with van der Waals surface area (Å²) in [5.74, 6) is -0.775. The summed E-state index contributed by atoms with van der Waals surface area (Å²) in [5.41, 5.74) is 0.926. The minimum Gasteiger partial charge on any atom is -0.490 e. The van der Waals surface area contributed by atoms with Gasteiger partial charge in [0.15, 0.2) is 0 Å². The minimum absolute atomic E-state index is 0.362. The van der Waals surface area contributed by atoms with E-state index in [1.807, 2.05) is 24.3 Å². The maximum atomic E-state index is 11.6. The van der Waals surface area contributed by atoms with Gasteiger partial charge in [-0.3, -0.25) is 4.79 Å². The molecule has 0 unspecified atom stereocenters. The van der Waals surface area contributed by atoms with Gasteiger partial charge in [0.2, 0.25) is 5.91 Å². The minimum atomic E-state index is -1.14. The van der Waals surface area contributed by atoms with E-state index >= 15 is 0 Å². The summed E-state index contributed by atoms with van der Waals surface area (Å²) in [6.45, 7) is 4.40. The van der Waals surface area contributed by atoms with Crippen molar-refractivity contribution in [2.45, 2.75) is 6.54 Å². The number of nitrogens with zero attached hydrogens (tertiary/aromatic N) is 1. The number of carboxylic acid groups (broad SMARTS) is 1. The molecule has 5 nitrogen and oxygen atoms in total. The van der Waals surface area contributed by atoms with Gasteiger partial charge in [0.25, 0.3) is 0 Å². The monoisotopic (exact) mass is 275 g/mol. The van der Waals surface area contributed by atoms with Crippen LogP contribution in [0.2, 0.25) is 0 Å². The molecule has 0 aliphatic carbocycles. The Bertz CT molecular complexity index is 505. The molecule has 106 valence electrons. The molecule has 0 spiro atoms. The fourth-order valence-corrected chi connectivity index (χ4v) is 1.47. The third-order valence-electron chi connectivity index (χ3n) is 2.46. The van der Waals surface area contributed by atoms with Gasteiger partial charge >= 0.3 is 5.97 Å². The first-order valence-corrected chi connectivity index (χ1v) is 6.01. The van der Waals surface area contributed by atoms with Crippen molar-refractivity contribution in [2.24, 2.45) is 0 Å². The topological polar surface area (TPSA) is 66.8 Å². The summed E-state index contributed by atoms with van der Waals surface area (Å²) in [5, 5.41) is 8.46. The predicted octanol–water partition coefficient (Wildman–Crippen LogP) is 1.85. The number of ether oxygens (including phenoxy) is 1. The molecule has 1 aromatic rings. The quantitative estimate of drug-likeness (QED) is 0.609. The van der Waals surface area contributed by atoms with Crippen LogP contribution in [-0.4, -0.2) is 35.5 Å². The van der Waals surface area contributed by atoms with Crippen molar-refractivity contribution in [3.8, 4) is 5.75 Å². The number of carboxylic acids is 1. The van der Waals surface area contributed by atoms with Crippen molar-refractivity contribution in [2.75, 3.05) is 13.7 Å². The van der Waals surface area contributed by atoms with Gasteiger partial charge in [0, 0.05) is 25.7 Å². The van der Waals surface area contributed by atoms with Crippen LogP contribution in [0.3, 0.4) is 0 Å². The zero-order valence-electron chi connectivity index (χ0n) is 11.3. The molecule has 0 aliphatic rings. The zero-order valence-corrected chi connectivity index (χ0v) is 11.3. The number of hydrogen-bond donors (Lipinski definition) is 1. The van der Waals surface area contributed by atoms with E-state index < -0.39 is 5.97 Å². The van der Waals surface area contributed by atoms with Crippen LogP contribution >= 0.6 is 0 Å². The molecule has 0 heterocycles. The highest BCUT2D eigenvalue weighted by molar-refractivity contribution is 5.93. The largest absolute Gasteiger partial charge is 0.490 e. The molecule has 20 heavy (non-hydrogen) atoms. The van der Waals surface area contributed by atoms with E-state index in [2.05, 4.69) is 6.58 Å². The molecule has 0 aliphatic heterocycles. The lowest BCUT2D eigenvalue weighted by atomic mass is 10.2. The summed E-state index contributed by atoms with van der Waals surface area (Å²) in [6.07, 6.45) is 3.52. The van der Waals surface area contributed by atoms with Crippen molar-refractivity contribution in [3.05, 3.63) is 54.6 Å². The molecule has 0 aromatic heterocycles. The first-order valence-electron chi connectivity index (χ1n) is 6.01. The van der Waals surface area contributed by atoms with E-state index in [9.17, 15) is 9.59 Å². The Morgan fingerprint density at radius 1 is 1.30 bits per heavy atom. The van der Waals surface area contributed by atoms with E-state index in [1.165, 1.54) is 4.90 Å². The standard InChI is InChI=1S/C15H17NO4/c1-3-10-20-13-6-4-12(5-7-13)11-16(2)14(17)8-9-15(18)19/h3-9H,1,10-11H2,2H3,(H,18,19)/b9-8+. The fraction of sp³-hybridized carbons (Fsp3) is 0.200. The second-order valence-corrected chi connectivity index (χ2v) is 4.11. The van der Waals surface area contributed by atoms with E-state index in [1.54, 1.807) is 13.1 Å². The van der Waals surface area contributed by atoms with Gasteiger partial charge in [-0.1, -0.05) is 24.8 Å². The Morgan fingerprint density at radius 2 is 1.95 bits per heavy atom. The smallest absolute Gasteiger partial charge is 0.328 e. The normalized spacial score (nSPS) is 10.2. The van der Waals surface area contributed by atoms with E-state index in [4.69, 9.17) is 9.84 Å². The van der Waals surface area contributed by atoms with Crippen LogP contribution in [0.1, 0.15) is 5.56 Å². The number of amides is 1. The van der Waals surface area contributed by atoms with E-state index in [0.717, 1.165) is 23.5 Å². The zero-order chi connectivity index (χ0) is 15.0. The fourth-order valence-electron chi connectivity index (χ4n) is 1.47. The van der Waals surface area contributed by atoms with Gasteiger partial charge in [0.05, 0.1) is 0 Å². The molecular formula is C15H17NO4. The number of likely N-dealkylation sites (N-methyl/N-ethyl adjacent to an activating group) is 1. The molecule has 1 rings (SSSR count). The molecule has 0 saturated carbocycles. The molecule has 0 fully saturated rings. The third-order valence-corrected chi connectivity index (χ3v) is 2.46. The second kappa shape index (κ2) is 7.78. The number of benzene rings is 1. The molecule has 5 heteroatoms. The predicted molar refractivity (Wildman–Crippen MR) is 75.4 cm³/mol. The number of aliphatic carboxylic acids is 1. The summed E-state index contributed by atoms with van der Waals surface area (Å²) in [7, 11) is 1.61. The highest BCUT2D eigenvalue weighted by Crippen LogP contribution is 2.13. The van der Waals surface area contributed by atoms with Crippen LogP contribution in [0, 0.1) is 0 Å². The third kappa shape index (κ3) is 5.39. The van der Waals surface area contributed by atoms with Gasteiger partial charge in [-0.2, -0.15) is 0 Å². The molecule has 1 amide bonds. The highest BCUT2D eigenvalue weighted by Gasteiger charge is 2.06. The lowest BCUT2D eigenvalue weighted by Gasteiger charge is -2.15. The Morgan fingerprint density at radius 3 is 2.50 bits per heavy atom. The summed E-state index contributed by atoms with van der Waals surface area (Å²) in [4.78, 5) is 23.4. The maximum absolute atomic E-state index is 11.6. The summed E-state index contributed by atoms with van der Waals surface area (Å²) in [6, 6.07) is 7.32. The van der Waals surface area contributed by atoms with Gasteiger partial charge in [0.1, 0.15) is 12.4 Å². The van der Waals surface area contributed by atoms with Gasteiger partial charge in [-0.25, -0.2) is 4.79 Å². The molecule has 0 bridgehead atoms. The SMILES string of the molecule is C=CCOc1ccc(CN(C)C(=O)/C=C/C(=O)O)cc1. The Labute approximate surface area is 117 Å². The van der Waals surface area contributed by atoms with Crippen LogP contribution in [0.4, 0.5) is 0 Å². The Hall–Kier alpha value is -2.56. The average Bonchev–Trinajstić information content (AvgIpc) is 2.43. The summed E-state index contributed by atoms with van der Waals surface area (Å²) < 4.78 is 5.35. The number of rotatable bonds is 7. The maximum Gasteiger partial charge on any atom is 0.328 e. The van der Waals surface area contributed by atoms with Gasteiger partial charge < -0.3 is 14.7 Å². The molecule has 0 radical (unpaired) electrons. The Balaban J connectivity index is 2.57. The van der Waals surface area contributed by atoms with Crippen LogP contribution < -0.4 is 4.74 Å². The summed E-state index contributed by atoms with van der Waals surface area (Å²) >= 11 is 0. The van der Waals surface area contributed by atoms with Crippen molar-refractivity contribution >= 4 is 11.9 Å². The van der Waals surface area contributed by atoms with Crippen LogP contribution in [0.25, 0.3) is 0 Å². The molecular weight excluding hydrogens is 258 g/mol. The van der Waals surface area contributed by atoms with Gasteiger partial charge in [-0.15, -0.1) is 0 Å². The molecule has 0 atom stereocenters. The lowest BCUT2D eigenvalue weighted by Crippen LogP contribution is -2.24. The van der Waals surface area contributed by atoms with E-state index in [0.29, 0.717) is 13.2 Å². The number of carbonyl (C=O) groups excluding carboxylic acids is 1. The Kier molecular flexibility index (Phi) is 6.03. The number of carbonyl (C=O) groups is 2. The molecule has 1 aromatic carbocycles. The van der Waals surface area contributed by atoms with Crippen LogP contribution in [-0.2, 0) is 16.1 Å². The van der Waals surface area contributed by atoms with Crippen molar-refractivity contribution in [1.82, 2.24) is 4.90 Å². The van der Waals surface area contributed by atoms with Crippen LogP contribution in [0.5, 0.6) is 5.75 Å². The average molecular weight is 275 g/mol. The number of hydrogen-bond acceptors (Lipinski definition) is 3. The first-order chi connectivity index (χ1) is 9.52. The highest BCUT2D eigenvalue weighted by atomic mass is 16.5. The first kappa shape index (κ1) is 15.5. The van der Waals surface area contributed by atoms with Crippen molar-refractivity contribution in [1.29, 1.82) is 0 Å². The second-order valence-electron chi connectivity index (χ2n) is 4.11.